The maximum absolute atomic E-state index is 14.0. The van der Waals surface area contributed by atoms with Crippen LogP contribution < -0.4 is 47.9 Å². The first kappa shape index (κ1) is 56.4. The first-order chi connectivity index (χ1) is 31.3. The summed E-state index contributed by atoms with van der Waals surface area (Å²) in [5.74, 6) is -12.2. The number of aliphatic carboxylic acids is 3. The smallest absolute Gasteiger partial charge is 0.481 e. The molecule has 0 radical (unpaired) electrons. The second-order valence-corrected chi connectivity index (χ2v) is 16.7. The monoisotopic (exact) mass is 971 g/mol. The minimum absolute atomic E-state index is 0.148. The molecule has 28 heteroatoms. The third-order valence-corrected chi connectivity index (χ3v) is 10.7. The Morgan fingerprint density at radius 2 is 1.27 bits per heavy atom. The number of benzene rings is 1. The molecule has 2 rings (SSSR count). The van der Waals surface area contributed by atoms with Crippen molar-refractivity contribution in [3.8, 4) is 5.75 Å². The Kier molecular flexibility index (Phi) is 22.8. The molecule has 8 amide bonds. The fraction of sp³-hybridized carbons (Fsp3) is 0.564. The number of hydrogen-bond acceptors (Lipinski definition) is 14. The fourth-order valence-corrected chi connectivity index (χ4v) is 6.92. The Morgan fingerprint density at radius 3 is 1.82 bits per heavy atom. The van der Waals surface area contributed by atoms with Crippen molar-refractivity contribution < 1.29 is 86.9 Å². The average molecular weight is 972 g/mol. The highest BCUT2D eigenvalue weighted by molar-refractivity contribution is 7.46. The van der Waals surface area contributed by atoms with Gasteiger partial charge in [-0.15, -0.1) is 0 Å². The number of carbonyl (C=O) groups is 11. The van der Waals surface area contributed by atoms with Crippen molar-refractivity contribution in [1.29, 1.82) is 0 Å². The van der Waals surface area contributed by atoms with E-state index in [9.17, 15) is 67.5 Å². The summed E-state index contributed by atoms with van der Waals surface area (Å²) in [5.41, 5.74) is 11.1. The number of rotatable bonds is 29. The molecule has 7 atom stereocenters. The highest BCUT2D eigenvalue weighted by Gasteiger charge is 2.39. The molecule has 1 saturated heterocycles. The minimum atomic E-state index is -4.98. The van der Waals surface area contributed by atoms with Gasteiger partial charge in [0, 0.05) is 32.2 Å². The number of carboxylic acids is 3. The van der Waals surface area contributed by atoms with Crippen molar-refractivity contribution in [2.75, 3.05) is 19.6 Å². The predicted octanol–water partition coefficient (Wildman–Crippen LogP) is -3.68. The van der Waals surface area contributed by atoms with Crippen molar-refractivity contribution in [3.05, 3.63) is 29.8 Å². The van der Waals surface area contributed by atoms with Gasteiger partial charge in [0.25, 0.3) is 0 Å². The van der Waals surface area contributed by atoms with E-state index in [-0.39, 0.29) is 30.7 Å². The lowest BCUT2D eigenvalue weighted by atomic mass is 9.97. The summed E-state index contributed by atoms with van der Waals surface area (Å²) in [6.07, 6.45) is -2.31. The Labute approximate surface area is 383 Å². The van der Waals surface area contributed by atoms with Crippen LogP contribution in [0.4, 0.5) is 0 Å². The topological polar surface area (TPSA) is 443 Å². The van der Waals surface area contributed by atoms with Gasteiger partial charge in [-0.1, -0.05) is 32.4 Å². The summed E-state index contributed by atoms with van der Waals surface area (Å²) in [7, 11) is -4.98. The summed E-state index contributed by atoms with van der Waals surface area (Å²) in [6.45, 7) is 1.98. The molecule has 372 valence electrons. The highest BCUT2D eigenvalue weighted by Crippen LogP contribution is 2.37. The first-order valence-corrected chi connectivity index (χ1v) is 22.4. The standard InChI is InChI=1S/C39H58N9O18P/c1-3-20(2)33(38(60)48-16-4-5-27(48)39(61)62)47-30(51)19-43-35(57)24(12-15-32(54)55)45-37(59)26(17-21-6-8-22(9-7-21)66-67(63,64)65)46-36(58)25(11-13-28(41)49)44-29(50)18-42-34(56)23(40)10-14-31(52)53/h6-9,20,23-27,33H,3-5,10-19,40H2,1-2H3,(H2,41,49)(H,42,56)(H,43,57)(H,44,50)(H,45,59)(H,46,58)(H,47,51)(H,52,53)(H,54,55)(H,61,62)(H2,63,64,65)/t20-,23-,24-,25-,26-,27+,33-/m0/s1. The Morgan fingerprint density at radius 1 is 0.746 bits per heavy atom. The summed E-state index contributed by atoms with van der Waals surface area (Å²) >= 11 is 0. The third-order valence-electron chi connectivity index (χ3n) is 10.3. The van der Waals surface area contributed by atoms with Crippen molar-refractivity contribution in [2.24, 2.45) is 17.4 Å². The van der Waals surface area contributed by atoms with Crippen LogP contribution in [-0.2, 0) is 63.7 Å². The molecule has 1 aromatic carbocycles. The van der Waals surface area contributed by atoms with E-state index in [4.69, 9.17) is 26.4 Å². The molecule has 0 bridgehead atoms. The summed E-state index contributed by atoms with van der Waals surface area (Å²) in [5, 5.41) is 41.8. The summed E-state index contributed by atoms with van der Waals surface area (Å²) in [6, 6.07) is -3.85. The molecule has 15 N–H and O–H groups in total. The summed E-state index contributed by atoms with van der Waals surface area (Å²) in [4.78, 5) is 158. The second-order valence-electron chi connectivity index (χ2n) is 15.5. The molecule has 27 nitrogen and oxygen atoms in total. The molecule has 1 fully saturated rings. The van der Waals surface area contributed by atoms with Crippen LogP contribution in [0.3, 0.4) is 0 Å². The molecule has 67 heavy (non-hydrogen) atoms. The molecule has 0 aliphatic carbocycles. The molecule has 1 aromatic rings. The fourth-order valence-electron chi connectivity index (χ4n) is 6.52. The van der Waals surface area contributed by atoms with Crippen LogP contribution in [0.2, 0.25) is 0 Å². The SMILES string of the molecule is CC[C@H](C)[C@H](NC(=O)CNC(=O)[C@H](CCC(=O)O)NC(=O)[C@H](Cc1ccc(OP(=O)(O)O)cc1)NC(=O)[C@H](CCC(N)=O)NC(=O)CNC(=O)[C@@H](N)CCC(=O)O)C(=O)N1CCC[C@@H]1C(=O)O. The van der Waals surface area contributed by atoms with Gasteiger partial charge in [-0.25, -0.2) is 9.36 Å². The van der Waals surface area contributed by atoms with Crippen LogP contribution in [0, 0.1) is 5.92 Å². The lowest BCUT2D eigenvalue weighted by molar-refractivity contribution is -0.150. The molecule has 0 saturated carbocycles. The van der Waals surface area contributed by atoms with Gasteiger partial charge in [0.05, 0.1) is 19.1 Å². The normalized spacial score (nSPS) is 16.1. The number of primary amides is 1. The van der Waals surface area contributed by atoms with Crippen molar-refractivity contribution >= 4 is 73.0 Å². The van der Waals surface area contributed by atoms with Crippen molar-refractivity contribution in [1.82, 2.24) is 36.8 Å². The van der Waals surface area contributed by atoms with Crippen molar-refractivity contribution in [2.45, 2.75) is 114 Å². The van der Waals surface area contributed by atoms with Gasteiger partial charge in [-0.3, -0.25) is 57.7 Å². The van der Waals surface area contributed by atoms with Gasteiger partial charge in [-0.05, 0) is 55.7 Å². The molecular weight excluding hydrogens is 913 g/mol. The lowest BCUT2D eigenvalue weighted by Crippen LogP contribution is -2.58. The van der Waals surface area contributed by atoms with Gasteiger partial charge in [0.2, 0.25) is 47.3 Å². The molecule has 1 aliphatic rings. The number of nitrogens with two attached hydrogens (primary N) is 2. The van der Waals surface area contributed by atoms with Gasteiger partial charge in [0.1, 0.15) is 36.0 Å². The number of phosphoric acid groups is 1. The van der Waals surface area contributed by atoms with E-state index in [0.717, 1.165) is 17.0 Å². The van der Waals surface area contributed by atoms with Crippen LogP contribution in [0.25, 0.3) is 0 Å². The van der Waals surface area contributed by atoms with Gasteiger partial charge in [-0.2, -0.15) is 0 Å². The second kappa shape index (κ2) is 27.1. The van der Waals surface area contributed by atoms with E-state index in [1.807, 2.05) is 0 Å². The van der Waals surface area contributed by atoms with E-state index < -0.39 is 167 Å². The molecule has 1 aliphatic heterocycles. The van der Waals surface area contributed by atoms with Gasteiger partial charge in [0.15, 0.2) is 0 Å². The van der Waals surface area contributed by atoms with Crippen molar-refractivity contribution in [3.63, 3.8) is 0 Å². The number of carboxylic acid groups (broad SMARTS) is 3. The predicted molar refractivity (Wildman–Crippen MR) is 229 cm³/mol. The number of hydrogen-bond donors (Lipinski definition) is 13. The van der Waals surface area contributed by atoms with Crippen LogP contribution in [-0.4, -0.2) is 151 Å². The number of nitrogens with zero attached hydrogens (tertiary/aromatic N) is 1. The zero-order valence-corrected chi connectivity index (χ0v) is 37.5. The van der Waals surface area contributed by atoms with E-state index in [2.05, 4.69) is 36.4 Å². The largest absolute Gasteiger partial charge is 0.524 e. The maximum Gasteiger partial charge on any atom is 0.524 e. The maximum atomic E-state index is 14.0. The zero-order chi connectivity index (χ0) is 50.6. The van der Waals surface area contributed by atoms with Crippen LogP contribution in [0.15, 0.2) is 24.3 Å². The van der Waals surface area contributed by atoms with E-state index >= 15 is 0 Å². The zero-order valence-electron chi connectivity index (χ0n) is 36.6. The minimum Gasteiger partial charge on any atom is -0.481 e. The number of nitrogens with one attached hydrogen (secondary N) is 6. The molecule has 0 aromatic heterocycles. The van der Waals surface area contributed by atoms with Crippen LogP contribution in [0.1, 0.15) is 77.2 Å². The van der Waals surface area contributed by atoms with Crippen LogP contribution in [0.5, 0.6) is 5.75 Å². The number of carbonyl (C=O) groups excluding carboxylic acids is 8. The van der Waals surface area contributed by atoms with Gasteiger partial charge < -0.3 is 68.1 Å². The van der Waals surface area contributed by atoms with E-state index in [1.54, 1.807) is 13.8 Å². The average Bonchev–Trinajstić information content (AvgIpc) is 3.76. The lowest BCUT2D eigenvalue weighted by Gasteiger charge is -2.30. The molecule has 0 unspecified atom stereocenters. The highest BCUT2D eigenvalue weighted by atomic mass is 31.2. The van der Waals surface area contributed by atoms with E-state index in [1.165, 1.54) is 12.1 Å². The Balaban J connectivity index is 2.36. The number of likely N-dealkylation sites (tertiary alicyclic amines) is 1. The Bertz CT molecular complexity index is 2030. The summed E-state index contributed by atoms with van der Waals surface area (Å²) < 4.78 is 15.9. The molecule has 1 heterocycles. The molecular formula is C39H58N9O18P. The van der Waals surface area contributed by atoms with Crippen LogP contribution >= 0.6 is 7.82 Å². The van der Waals surface area contributed by atoms with Gasteiger partial charge >= 0.3 is 25.7 Å². The van der Waals surface area contributed by atoms with E-state index in [0.29, 0.717) is 12.8 Å². The Hall–Kier alpha value is -6.70. The number of amides is 8. The first-order valence-electron chi connectivity index (χ1n) is 20.9. The quantitative estimate of drug-likeness (QED) is 0.0344. The molecule has 0 spiro atoms. The number of phosphoric ester groups is 1. The third kappa shape index (κ3) is 20.6.